The monoisotopic (exact) mass is 252 g/mol. The molecule has 1 N–H and O–H groups in total. The molecular weight excluding hydrogens is 232 g/mol. The van der Waals surface area contributed by atoms with Gasteiger partial charge in [0.15, 0.2) is 0 Å². The number of allylic oxidation sites excluding steroid dienone is 1. The van der Waals surface area contributed by atoms with Crippen LogP contribution in [0.25, 0.3) is 0 Å². The highest BCUT2D eigenvalue weighted by Crippen LogP contribution is 2.20. The molecule has 0 heterocycles. The van der Waals surface area contributed by atoms with Gasteiger partial charge >= 0.3 is 0 Å². The summed E-state index contributed by atoms with van der Waals surface area (Å²) < 4.78 is 0. The van der Waals surface area contributed by atoms with E-state index in [9.17, 15) is 5.11 Å². The van der Waals surface area contributed by atoms with Crippen molar-refractivity contribution in [2.75, 3.05) is 0 Å². The molecule has 1 atom stereocenters. The van der Waals surface area contributed by atoms with Crippen molar-refractivity contribution in [1.82, 2.24) is 0 Å². The van der Waals surface area contributed by atoms with E-state index in [2.05, 4.69) is 37.3 Å². The summed E-state index contributed by atoms with van der Waals surface area (Å²) in [5, 5.41) is 10.1. The topological polar surface area (TPSA) is 20.2 Å². The van der Waals surface area contributed by atoms with E-state index in [-0.39, 0.29) is 0 Å². The largest absolute Gasteiger partial charge is 0.388 e. The summed E-state index contributed by atoms with van der Waals surface area (Å²) in [6.45, 7) is 2.08. The first-order valence-electron chi connectivity index (χ1n) is 6.68. The molecule has 2 aromatic carbocycles. The molecule has 2 rings (SSSR count). The lowest BCUT2D eigenvalue weighted by Crippen LogP contribution is -1.98. The van der Waals surface area contributed by atoms with Crippen LogP contribution in [0.3, 0.4) is 0 Å². The SMILES string of the molecule is C/C(=C/Cc1ccccc1)CC(O)c1ccccc1. The maximum Gasteiger partial charge on any atom is 0.0827 e. The quantitative estimate of drug-likeness (QED) is 0.787. The van der Waals surface area contributed by atoms with Crippen LogP contribution in [0.15, 0.2) is 72.3 Å². The van der Waals surface area contributed by atoms with Gasteiger partial charge < -0.3 is 5.11 Å². The Morgan fingerprint density at radius 2 is 1.58 bits per heavy atom. The Hall–Kier alpha value is -1.86. The zero-order valence-electron chi connectivity index (χ0n) is 11.3. The van der Waals surface area contributed by atoms with Crippen LogP contribution < -0.4 is 0 Å². The molecular formula is C18H20O. The van der Waals surface area contributed by atoms with Crippen LogP contribution >= 0.6 is 0 Å². The molecule has 0 amide bonds. The number of aliphatic hydroxyl groups excluding tert-OH is 1. The maximum atomic E-state index is 10.1. The maximum absolute atomic E-state index is 10.1. The summed E-state index contributed by atoms with van der Waals surface area (Å²) in [5.41, 5.74) is 3.51. The minimum atomic E-state index is -0.409. The molecule has 19 heavy (non-hydrogen) atoms. The van der Waals surface area contributed by atoms with Crippen molar-refractivity contribution in [2.24, 2.45) is 0 Å². The van der Waals surface area contributed by atoms with E-state index in [4.69, 9.17) is 0 Å². The van der Waals surface area contributed by atoms with Gasteiger partial charge in [-0.2, -0.15) is 0 Å². The minimum absolute atomic E-state index is 0.409. The lowest BCUT2D eigenvalue weighted by Gasteiger charge is -2.11. The molecule has 0 aliphatic carbocycles. The van der Waals surface area contributed by atoms with Crippen molar-refractivity contribution in [3.63, 3.8) is 0 Å². The third-order valence-corrected chi connectivity index (χ3v) is 3.23. The highest BCUT2D eigenvalue weighted by Gasteiger charge is 2.06. The Morgan fingerprint density at radius 3 is 2.21 bits per heavy atom. The Bertz CT molecular complexity index is 514. The number of aliphatic hydroxyl groups is 1. The van der Waals surface area contributed by atoms with Crippen molar-refractivity contribution in [2.45, 2.75) is 25.9 Å². The Labute approximate surface area is 115 Å². The predicted octanol–water partition coefficient (Wildman–Crippen LogP) is 4.30. The zero-order chi connectivity index (χ0) is 13.5. The molecule has 0 aromatic heterocycles. The van der Waals surface area contributed by atoms with Gasteiger partial charge in [0.2, 0.25) is 0 Å². The Morgan fingerprint density at radius 1 is 1.00 bits per heavy atom. The van der Waals surface area contributed by atoms with Gasteiger partial charge in [0.1, 0.15) is 0 Å². The first-order chi connectivity index (χ1) is 9.25. The average Bonchev–Trinajstić information content (AvgIpc) is 2.47. The van der Waals surface area contributed by atoms with Crippen molar-refractivity contribution in [3.05, 3.63) is 83.4 Å². The highest BCUT2D eigenvalue weighted by atomic mass is 16.3. The molecule has 0 spiro atoms. The molecule has 1 heteroatoms. The van der Waals surface area contributed by atoms with Crippen LogP contribution in [0.4, 0.5) is 0 Å². The lowest BCUT2D eigenvalue weighted by atomic mass is 10.0. The summed E-state index contributed by atoms with van der Waals surface area (Å²) in [6, 6.07) is 20.2. The number of benzene rings is 2. The van der Waals surface area contributed by atoms with Crippen LogP contribution in [-0.4, -0.2) is 5.11 Å². The highest BCUT2D eigenvalue weighted by molar-refractivity contribution is 5.21. The fourth-order valence-corrected chi connectivity index (χ4v) is 2.09. The second-order valence-electron chi connectivity index (χ2n) is 4.87. The van der Waals surface area contributed by atoms with Crippen LogP contribution in [0.5, 0.6) is 0 Å². The van der Waals surface area contributed by atoms with E-state index in [0.717, 1.165) is 12.0 Å². The summed E-state index contributed by atoms with van der Waals surface area (Å²) in [6.07, 6.45) is 3.40. The van der Waals surface area contributed by atoms with Gasteiger partial charge in [0, 0.05) is 0 Å². The van der Waals surface area contributed by atoms with Gasteiger partial charge in [-0.05, 0) is 30.9 Å². The Kier molecular flexibility index (Phi) is 4.93. The molecule has 0 fully saturated rings. The van der Waals surface area contributed by atoms with Gasteiger partial charge in [-0.3, -0.25) is 0 Å². The van der Waals surface area contributed by atoms with Crippen molar-refractivity contribution in [3.8, 4) is 0 Å². The molecule has 1 nitrogen and oxygen atoms in total. The summed E-state index contributed by atoms with van der Waals surface area (Å²) in [5.74, 6) is 0. The molecule has 0 bridgehead atoms. The summed E-state index contributed by atoms with van der Waals surface area (Å²) >= 11 is 0. The molecule has 1 unspecified atom stereocenters. The fraction of sp³-hybridized carbons (Fsp3) is 0.222. The van der Waals surface area contributed by atoms with Crippen molar-refractivity contribution < 1.29 is 5.11 Å². The van der Waals surface area contributed by atoms with E-state index in [0.29, 0.717) is 6.42 Å². The molecule has 2 aromatic rings. The summed E-state index contributed by atoms with van der Waals surface area (Å²) in [7, 11) is 0. The average molecular weight is 252 g/mol. The van der Waals surface area contributed by atoms with E-state index >= 15 is 0 Å². The smallest absolute Gasteiger partial charge is 0.0827 e. The van der Waals surface area contributed by atoms with Crippen LogP contribution in [0.1, 0.15) is 30.6 Å². The van der Waals surface area contributed by atoms with Crippen molar-refractivity contribution in [1.29, 1.82) is 0 Å². The fourth-order valence-electron chi connectivity index (χ4n) is 2.09. The standard InChI is InChI=1S/C18H20O/c1-15(12-13-16-8-4-2-5-9-16)14-18(19)17-10-6-3-7-11-17/h2-12,18-19H,13-14H2,1H3/b15-12-. The van der Waals surface area contributed by atoms with Crippen molar-refractivity contribution >= 4 is 0 Å². The number of rotatable bonds is 5. The zero-order valence-corrected chi connectivity index (χ0v) is 11.3. The number of hydrogen-bond donors (Lipinski definition) is 1. The van der Waals surface area contributed by atoms with Crippen LogP contribution in [0, 0.1) is 0 Å². The molecule has 0 aliphatic rings. The summed E-state index contributed by atoms with van der Waals surface area (Å²) in [4.78, 5) is 0. The molecule has 0 aliphatic heterocycles. The molecule has 0 radical (unpaired) electrons. The lowest BCUT2D eigenvalue weighted by molar-refractivity contribution is 0.178. The van der Waals surface area contributed by atoms with E-state index in [1.165, 1.54) is 11.1 Å². The first kappa shape index (κ1) is 13.6. The van der Waals surface area contributed by atoms with E-state index in [1.807, 2.05) is 36.4 Å². The molecule has 0 saturated heterocycles. The first-order valence-corrected chi connectivity index (χ1v) is 6.68. The second-order valence-corrected chi connectivity index (χ2v) is 4.87. The molecule has 0 saturated carbocycles. The minimum Gasteiger partial charge on any atom is -0.388 e. The second kappa shape index (κ2) is 6.91. The normalized spacial score (nSPS) is 13.3. The third-order valence-electron chi connectivity index (χ3n) is 3.23. The van der Waals surface area contributed by atoms with E-state index in [1.54, 1.807) is 0 Å². The van der Waals surface area contributed by atoms with Crippen LogP contribution in [0.2, 0.25) is 0 Å². The predicted molar refractivity (Wildman–Crippen MR) is 79.9 cm³/mol. The third kappa shape index (κ3) is 4.38. The van der Waals surface area contributed by atoms with Gasteiger partial charge in [0.25, 0.3) is 0 Å². The molecule has 98 valence electrons. The van der Waals surface area contributed by atoms with E-state index < -0.39 is 6.10 Å². The number of hydrogen-bond acceptors (Lipinski definition) is 1. The van der Waals surface area contributed by atoms with Crippen LogP contribution in [-0.2, 0) is 6.42 Å². The Balaban J connectivity index is 1.92. The van der Waals surface area contributed by atoms with Gasteiger partial charge in [-0.1, -0.05) is 72.3 Å². The van der Waals surface area contributed by atoms with Gasteiger partial charge in [-0.25, -0.2) is 0 Å². The van der Waals surface area contributed by atoms with Gasteiger partial charge in [-0.15, -0.1) is 0 Å². The van der Waals surface area contributed by atoms with Gasteiger partial charge in [0.05, 0.1) is 6.10 Å².